The van der Waals surface area contributed by atoms with Crippen molar-refractivity contribution in [2.45, 2.75) is 19.0 Å². The lowest BCUT2D eigenvalue weighted by Crippen LogP contribution is -2.38. The first-order valence-electron chi connectivity index (χ1n) is 29.4. The van der Waals surface area contributed by atoms with Gasteiger partial charge in [-0.25, -0.2) is 4.20 Å². The second kappa shape index (κ2) is 28.0. The standard InChI is InChI=1S/C39H32NO4P.C21H18O3.C12H8O2P.C6H7N/c1-27-11-13-28(14-12-27)39(29-15-19-31(40)20-16-29,30-17-21-33(22-18-30)43-34-25-23-32(42-2)24-26-34)45(41)38-10-6-4-8-36(38)35-7-3-5-9-37(35)44-45;1-15-3-5-16(6-4-15)21(22)17-7-9-19(10-8-17)24-20-13-11-18(23-2)12-14-20;13-15-12-8-4-2-6-10(12)9-5-1-3-7-11(9)14-15;7-6-4-2-1-3-5-6/h3-26H,40H2,1-2H3;3-14H,1-2H3;1-8H;1-5H,7H2/q;;+1;. The van der Waals surface area contributed by atoms with Crippen molar-refractivity contribution in [3.63, 3.8) is 0 Å². The molecule has 0 aliphatic carbocycles. The second-order valence-corrected chi connectivity index (χ2v) is 25.0. The number of nitrogens with two attached hydrogens (primary N) is 2. The van der Waals surface area contributed by atoms with Crippen LogP contribution in [0, 0.1) is 13.8 Å². The first kappa shape index (κ1) is 61.7. The van der Waals surface area contributed by atoms with Crippen molar-refractivity contribution < 1.29 is 41.6 Å². The third kappa shape index (κ3) is 13.7. The Morgan fingerprint density at radius 1 is 0.418 bits per heavy atom. The third-order valence-corrected chi connectivity index (χ3v) is 19.7. The van der Waals surface area contributed by atoms with Gasteiger partial charge in [0.25, 0.3) is 7.37 Å². The van der Waals surface area contributed by atoms with Crippen molar-refractivity contribution in [3.8, 4) is 51.4 Å². The van der Waals surface area contributed by atoms with Gasteiger partial charge in [-0.05, 0) is 180 Å². The number of carbonyl (C=O) groups is 1. The van der Waals surface area contributed by atoms with Crippen LogP contribution in [0.3, 0.4) is 0 Å². The van der Waals surface area contributed by atoms with Crippen LogP contribution in [-0.4, -0.2) is 20.0 Å². The number of rotatable bonds is 12. The topological polar surface area (TPSA) is 163 Å². The molecule has 4 N–H and O–H groups in total. The summed E-state index contributed by atoms with van der Waals surface area (Å²) in [6, 6.07) is 93.6. The fourth-order valence-electron chi connectivity index (χ4n) is 10.8. The van der Waals surface area contributed by atoms with E-state index >= 15 is 4.57 Å². The molecule has 14 rings (SSSR count). The summed E-state index contributed by atoms with van der Waals surface area (Å²) in [4.78, 5) is 12.4. The molecule has 13 heteroatoms. The minimum absolute atomic E-state index is 0.00555. The summed E-state index contributed by atoms with van der Waals surface area (Å²) in [7, 11) is -2.35. The Bertz CT molecular complexity index is 4670. The number of hydrogen-bond acceptors (Lipinski definition) is 11. The first-order chi connectivity index (χ1) is 44.3. The molecular formula is C78H65N2O9P2+. The Balaban J connectivity index is 0.000000152. The lowest BCUT2D eigenvalue weighted by molar-refractivity contribution is 0.103. The predicted molar refractivity (Wildman–Crippen MR) is 367 cm³/mol. The van der Waals surface area contributed by atoms with Gasteiger partial charge < -0.3 is 34.9 Å². The van der Waals surface area contributed by atoms with E-state index in [-0.39, 0.29) is 5.78 Å². The van der Waals surface area contributed by atoms with Crippen LogP contribution in [0.15, 0.2) is 301 Å². The van der Waals surface area contributed by atoms with E-state index in [4.69, 9.17) is 39.1 Å². The lowest BCUT2D eigenvalue weighted by Gasteiger charge is -2.44. The van der Waals surface area contributed by atoms with Crippen LogP contribution in [0.25, 0.3) is 32.6 Å². The summed E-state index contributed by atoms with van der Waals surface area (Å²) < 4.78 is 62.7. The van der Waals surface area contributed by atoms with Gasteiger partial charge in [-0.1, -0.05) is 169 Å². The van der Waals surface area contributed by atoms with Gasteiger partial charge in [0.05, 0.1) is 19.5 Å². The molecule has 2 heterocycles. The molecule has 450 valence electrons. The van der Waals surface area contributed by atoms with Crippen LogP contribution in [0.2, 0.25) is 0 Å². The van der Waals surface area contributed by atoms with Crippen LogP contribution < -0.4 is 40.2 Å². The summed E-state index contributed by atoms with van der Waals surface area (Å²) >= 11 is 0. The van der Waals surface area contributed by atoms with Gasteiger partial charge in [-0.3, -0.25) is 9.36 Å². The number of para-hydroxylation sites is 3. The second-order valence-electron chi connectivity index (χ2n) is 21.4. The van der Waals surface area contributed by atoms with E-state index in [0.717, 1.165) is 72.0 Å². The van der Waals surface area contributed by atoms with Crippen LogP contribution in [0.5, 0.6) is 40.2 Å². The molecule has 0 saturated carbocycles. The molecule has 3 unspecified atom stereocenters. The number of anilines is 2. The maximum atomic E-state index is 16.4. The average Bonchev–Trinajstić information content (AvgIpc) is 0.695. The zero-order valence-electron chi connectivity index (χ0n) is 50.5. The number of aryl methyl sites for hydroxylation is 2. The molecule has 0 bridgehead atoms. The van der Waals surface area contributed by atoms with Gasteiger partial charge in [-0.2, -0.15) is 0 Å². The molecule has 1 aromatic heterocycles. The zero-order chi connectivity index (χ0) is 63.3. The Morgan fingerprint density at radius 2 is 0.813 bits per heavy atom. The van der Waals surface area contributed by atoms with Gasteiger partial charge in [0.2, 0.25) is 5.12 Å². The monoisotopic (exact) mass is 1240 g/mol. The van der Waals surface area contributed by atoms with E-state index in [1.54, 1.807) is 38.5 Å². The zero-order valence-corrected chi connectivity index (χ0v) is 52.3. The molecule has 0 radical (unpaired) electrons. The number of carbonyl (C=O) groups excluding carboxylic acids is 1. The molecule has 0 amide bonds. The Labute approximate surface area is 530 Å². The van der Waals surface area contributed by atoms with E-state index in [9.17, 15) is 9.36 Å². The first-order valence-corrected chi connectivity index (χ1v) is 32.2. The van der Waals surface area contributed by atoms with E-state index in [0.29, 0.717) is 56.4 Å². The number of ether oxygens (including phenoxy) is 4. The van der Waals surface area contributed by atoms with Crippen molar-refractivity contribution in [2.24, 2.45) is 0 Å². The molecule has 0 fully saturated rings. The highest BCUT2D eigenvalue weighted by Gasteiger charge is 2.58. The number of hydrogen-bond donors (Lipinski definition) is 2. The maximum Gasteiger partial charge on any atom is 0.597 e. The van der Waals surface area contributed by atoms with Crippen molar-refractivity contribution in [3.05, 3.63) is 336 Å². The maximum absolute atomic E-state index is 16.4. The molecule has 0 saturated heterocycles. The minimum atomic E-state index is -3.86. The predicted octanol–water partition coefficient (Wildman–Crippen LogP) is 20.0. The van der Waals surface area contributed by atoms with Crippen molar-refractivity contribution >= 4 is 59.0 Å². The van der Waals surface area contributed by atoms with Crippen molar-refractivity contribution in [1.82, 2.24) is 0 Å². The molecule has 1 aliphatic heterocycles. The van der Waals surface area contributed by atoms with Gasteiger partial charge in [0, 0.05) is 38.8 Å². The summed E-state index contributed by atoms with van der Waals surface area (Å²) in [6.07, 6.45) is 0. The van der Waals surface area contributed by atoms with Gasteiger partial charge >= 0.3 is 7.65 Å². The van der Waals surface area contributed by atoms with Crippen molar-refractivity contribution in [2.75, 3.05) is 25.7 Å². The summed E-state index contributed by atoms with van der Waals surface area (Å²) in [5.41, 5.74) is 21.5. The van der Waals surface area contributed by atoms with E-state index in [1.807, 2.05) is 263 Å². The number of nitrogen functional groups attached to an aromatic ring is 2. The van der Waals surface area contributed by atoms with Crippen molar-refractivity contribution in [1.29, 1.82) is 0 Å². The Hall–Kier alpha value is -11.0. The highest BCUT2D eigenvalue weighted by molar-refractivity contribution is 7.69. The number of ketones is 1. The van der Waals surface area contributed by atoms with Crippen LogP contribution in [0.1, 0.15) is 43.7 Å². The highest BCUT2D eigenvalue weighted by Crippen LogP contribution is 2.71. The summed E-state index contributed by atoms with van der Waals surface area (Å²) in [6.45, 7) is 4.05. The number of fused-ring (bicyclic) bond motifs is 6. The number of methoxy groups -OCH3 is 2. The van der Waals surface area contributed by atoms with E-state index in [2.05, 4.69) is 24.3 Å². The van der Waals surface area contributed by atoms with Crippen LogP contribution in [-0.2, 0) is 14.3 Å². The molecule has 12 aromatic carbocycles. The van der Waals surface area contributed by atoms with Gasteiger partial charge in [-0.15, -0.1) is 0 Å². The third-order valence-electron chi connectivity index (χ3n) is 15.4. The van der Waals surface area contributed by atoms with Crippen LogP contribution in [0.4, 0.5) is 11.4 Å². The average molecular weight is 1240 g/mol. The largest absolute Gasteiger partial charge is 0.597 e. The molecule has 11 nitrogen and oxygen atoms in total. The molecule has 13 aromatic rings. The molecule has 3 atom stereocenters. The molecule has 1 aliphatic rings. The van der Waals surface area contributed by atoms with Gasteiger partial charge in [0.15, 0.2) is 11.4 Å². The Kier molecular flexibility index (Phi) is 19.0. The fourth-order valence-corrected chi connectivity index (χ4v) is 15.1. The summed E-state index contributed by atoms with van der Waals surface area (Å²) in [5.74, 6) is 4.85. The lowest BCUT2D eigenvalue weighted by atomic mass is 9.83. The molecular weight excluding hydrogens is 1170 g/mol. The van der Waals surface area contributed by atoms with Gasteiger partial charge in [0.1, 0.15) is 45.4 Å². The summed E-state index contributed by atoms with van der Waals surface area (Å²) in [5, 5.41) is 2.24. The quantitative estimate of drug-likeness (QED) is 0.0394. The highest BCUT2D eigenvalue weighted by atomic mass is 31.2. The minimum Gasteiger partial charge on any atom is -0.497 e. The molecule has 0 spiro atoms. The normalized spacial score (nSPS) is 13.5. The van der Waals surface area contributed by atoms with E-state index < -0.39 is 20.2 Å². The van der Waals surface area contributed by atoms with E-state index in [1.165, 1.54) is 0 Å². The smallest absolute Gasteiger partial charge is 0.497 e. The number of benzene rings is 12. The molecule has 91 heavy (non-hydrogen) atoms. The van der Waals surface area contributed by atoms with Crippen LogP contribution >= 0.6 is 15.0 Å². The fraction of sp³-hybridized carbons (Fsp3) is 0.0641. The Morgan fingerprint density at radius 3 is 1.35 bits per heavy atom. The SMILES string of the molecule is COc1ccc(Oc2ccc(C(=O)c3ccc(C)cc3)cc2)cc1.COc1ccc(Oc2ccc(C(c3ccc(C)cc3)(c3ccc(N)cc3)P3(=O)Oc4ccccc4-c4ccccc43)cc2)cc1.Nc1ccccc1.O=[p+]1oc2ccccc2c2ccccc21.